The number of nitrogens with one attached hydrogen (secondary N) is 1. The predicted octanol–water partition coefficient (Wildman–Crippen LogP) is 1.42. The molecule has 0 spiro atoms. The smallest absolute Gasteiger partial charge is 0.348 e. The summed E-state index contributed by atoms with van der Waals surface area (Å²) in [5.41, 5.74) is 8.84. The van der Waals surface area contributed by atoms with Gasteiger partial charge in [-0.15, -0.1) is 11.3 Å². The quantitative estimate of drug-likeness (QED) is 0.480. The van der Waals surface area contributed by atoms with Gasteiger partial charge < -0.3 is 19.9 Å². The van der Waals surface area contributed by atoms with Crippen LogP contribution in [0.3, 0.4) is 0 Å². The van der Waals surface area contributed by atoms with E-state index in [0.29, 0.717) is 5.69 Å². The molecule has 0 aliphatic carbocycles. The van der Waals surface area contributed by atoms with Gasteiger partial charge in [0.15, 0.2) is 0 Å². The molecule has 0 bridgehead atoms. The van der Waals surface area contributed by atoms with Gasteiger partial charge in [0.05, 0.1) is 25.5 Å². The molecule has 11 nitrogen and oxygen atoms in total. The topological polar surface area (TPSA) is 154 Å². The van der Waals surface area contributed by atoms with Crippen molar-refractivity contribution in [3.05, 3.63) is 45.8 Å². The largest absolute Gasteiger partial charge is 0.465 e. The van der Waals surface area contributed by atoms with Crippen LogP contribution in [0.2, 0.25) is 0 Å². The number of carbonyl (C=O) groups excluding carboxylic acids is 5. The molecule has 1 aliphatic rings. The summed E-state index contributed by atoms with van der Waals surface area (Å²) < 4.78 is 14.7. The Kier molecular flexibility index (Phi) is 6.73. The Bertz CT molecular complexity index is 1090. The van der Waals surface area contributed by atoms with Crippen molar-refractivity contribution in [1.82, 2.24) is 5.43 Å². The van der Waals surface area contributed by atoms with Gasteiger partial charge in [-0.1, -0.05) is 0 Å². The number of nitrogens with two attached hydrogens (primary N) is 1. The van der Waals surface area contributed by atoms with Crippen LogP contribution in [0.25, 0.3) is 0 Å². The molecule has 0 unspecified atom stereocenters. The number of nitrogens with zero attached hydrogens (tertiary/aromatic N) is 1. The maximum atomic E-state index is 12.5. The lowest BCUT2D eigenvalue weighted by Crippen LogP contribution is -2.50. The van der Waals surface area contributed by atoms with Gasteiger partial charge in [0.25, 0.3) is 0 Å². The maximum absolute atomic E-state index is 12.5. The minimum atomic E-state index is -0.780. The minimum Gasteiger partial charge on any atom is -0.465 e. The molecular weight excluding hydrogens is 442 g/mol. The van der Waals surface area contributed by atoms with E-state index in [-0.39, 0.29) is 51.2 Å². The van der Waals surface area contributed by atoms with Crippen molar-refractivity contribution in [3.63, 3.8) is 0 Å². The number of nitrogen functional groups attached to an aromatic ring is 1. The molecule has 0 radical (unpaired) electrons. The van der Waals surface area contributed by atoms with E-state index in [1.165, 1.54) is 31.4 Å². The monoisotopic (exact) mass is 461 g/mol. The Balaban J connectivity index is 1.77. The third-order valence-electron chi connectivity index (χ3n) is 4.56. The first-order chi connectivity index (χ1) is 15.3. The number of hydrogen-bond acceptors (Lipinski definition) is 10. The van der Waals surface area contributed by atoms with Crippen LogP contribution in [0.15, 0.2) is 24.3 Å². The zero-order valence-corrected chi connectivity index (χ0v) is 17.9. The lowest BCUT2D eigenvalue weighted by molar-refractivity contribution is -0.130. The van der Waals surface area contributed by atoms with E-state index in [2.05, 4.69) is 5.43 Å². The van der Waals surface area contributed by atoms with Crippen molar-refractivity contribution in [2.75, 3.05) is 25.0 Å². The first-order valence-corrected chi connectivity index (χ1v) is 10.1. The van der Waals surface area contributed by atoms with Crippen LogP contribution in [0.5, 0.6) is 0 Å². The van der Waals surface area contributed by atoms with E-state index in [0.717, 1.165) is 23.5 Å². The summed E-state index contributed by atoms with van der Waals surface area (Å²) in [4.78, 5) is 60.1. The van der Waals surface area contributed by atoms with E-state index < -0.39 is 24.5 Å². The third-order valence-corrected chi connectivity index (χ3v) is 5.60. The van der Waals surface area contributed by atoms with E-state index >= 15 is 0 Å². The average Bonchev–Trinajstić information content (AvgIpc) is 3.14. The number of ether oxygens (including phenoxy) is 3. The fraction of sp³-hybridized carbons (Fsp3) is 0.250. The molecule has 1 aromatic carbocycles. The summed E-state index contributed by atoms with van der Waals surface area (Å²) >= 11 is 0.822. The molecular formula is C20H19N3O8S. The molecule has 1 aliphatic heterocycles. The summed E-state index contributed by atoms with van der Waals surface area (Å²) in [6, 6.07) is 5.77. The second-order valence-corrected chi connectivity index (χ2v) is 7.57. The van der Waals surface area contributed by atoms with E-state index in [9.17, 15) is 24.0 Å². The maximum Gasteiger partial charge on any atom is 0.348 e. The van der Waals surface area contributed by atoms with Crippen LogP contribution in [0.4, 0.5) is 10.7 Å². The molecule has 1 saturated heterocycles. The second kappa shape index (κ2) is 9.47. The van der Waals surface area contributed by atoms with Crippen molar-refractivity contribution in [1.29, 1.82) is 0 Å². The summed E-state index contributed by atoms with van der Waals surface area (Å²) in [5.74, 6) is -2.83. The number of methoxy groups -OCH3 is 2. The normalized spacial score (nSPS) is 13.4. The van der Waals surface area contributed by atoms with Crippen LogP contribution in [0.1, 0.15) is 48.8 Å². The molecule has 1 aromatic heterocycles. The van der Waals surface area contributed by atoms with Gasteiger partial charge in [-0.25, -0.2) is 19.4 Å². The fourth-order valence-electron chi connectivity index (χ4n) is 2.96. The van der Waals surface area contributed by atoms with Gasteiger partial charge >= 0.3 is 17.9 Å². The van der Waals surface area contributed by atoms with Crippen molar-refractivity contribution in [2.45, 2.75) is 19.4 Å². The first kappa shape index (κ1) is 22.7. The number of hydrogen-bond donors (Lipinski definition) is 2. The molecule has 2 heterocycles. The highest BCUT2D eigenvalue weighted by Crippen LogP contribution is 2.33. The van der Waals surface area contributed by atoms with Gasteiger partial charge in [-0.3, -0.25) is 15.0 Å². The van der Waals surface area contributed by atoms with Gasteiger partial charge in [-0.05, 0) is 24.3 Å². The highest BCUT2D eigenvalue weighted by molar-refractivity contribution is 7.18. The number of thiophene rings is 1. The number of carbonyl (C=O) groups is 5. The van der Waals surface area contributed by atoms with Crippen LogP contribution in [-0.4, -0.2) is 43.9 Å². The summed E-state index contributed by atoms with van der Waals surface area (Å²) in [7, 11) is 2.33. The molecule has 168 valence electrons. The molecule has 0 saturated carbocycles. The molecule has 3 rings (SSSR count). The lowest BCUT2D eigenvalue weighted by atomic mass is 10.1. The van der Waals surface area contributed by atoms with Crippen LogP contribution in [-0.2, 0) is 30.4 Å². The Labute approximate surface area is 186 Å². The SMILES string of the molecule is COC(=O)c1sc(N)c(C(=O)OC)c1COC(=O)c1ccc(N2NC(=O)CCC2=O)cc1. The van der Waals surface area contributed by atoms with Gasteiger partial charge in [0.1, 0.15) is 22.0 Å². The molecule has 2 aromatic rings. The highest BCUT2D eigenvalue weighted by atomic mass is 32.1. The standard InChI is InChI=1S/C20H19N3O8S/c1-29-19(27)15-12(16(20(28)30-2)32-17(15)21)9-31-18(26)10-3-5-11(6-4-10)23-14(25)8-7-13(24)22-23/h3-6H,7-9,21H2,1-2H3,(H,22,24). The zero-order valence-electron chi connectivity index (χ0n) is 17.1. The summed E-state index contributed by atoms with van der Waals surface area (Å²) in [6.07, 6.45) is 0.207. The van der Waals surface area contributed by atoms with Crippen LogP contribution >= 0.6 is 11.3 Å². The fourth-order valence-corrected chi connectivity index (χ4v) is 3.94. The zero-order chi connectivity index (χ0) is 23.4. The Morgan fingerprint density at radius 1 is 1.03 bits per heavy atom. The number of anilines is 2. The number of rotatable bonds is 6. The minimum absolute atomic E-state index is 0.0212. The molecule has 0 atom stereocenters. The van der Waals surface area contributed by atoms with Crippen LogP contribution in [0, 0.1) is 0 Å². The Morgan fingerprint density at radius 3 is 2.31 bits per heavy atom. The molecule has 12 heteroatoms. The van der Waals surface area contributed by atoms with Crippen molar-refractivity contribution >= 4 is 51.7 Å². The number of hydrazine groups is 1. The van der Waals surface area contributed by atoms with E-state index in [1.807, 2.05) is 0 Å². The lowest BCUT2D eigenvalue weighted by Gasteiger charge is -2.27. The predicted molar refractivity (Wildman–Crippen MR) is 112 cm³/mol. The first-order valence-electron chi connectivity index (χ1n) is 9.24. The number of esters is 3. The number of benzene rings is 1. The molecule has 3 N–H and O–H groups in total. The molecule has 32 heavy (non-hydrogen) atoms. The molecule has 2 amide bonds. The third kappa shape index (κ3) is 4.54. The second-order valence-electron chi connectivity index (χ2n) is 6.52. The van der Waals surface area contributed by atoms with Crippen LogP contribution < -0.4 is 16.2 Å². The van der Waals surface area contributed by atoms with E-state index in [4.69, 9.17) is 19.9 Å². The van der Waals surface area contributed by atoms with Gasteiger partial charge in [0.2, 0.25) is 11.8 Å². The van der Waals surface area contributed by atoms with Crippen molar-refractivity contribution < 1.29 is 38.2 Å². The van der Waals surface area contributed by atoms with Gasteiger partial charge in [-0.2, -0.15) is 0 Å². The highest BCUT2D eigenvalue weighted by Gasteiger charge is 2.28. The average molecular weight is 461 g/mol. The van der Waals surface area contributed by atoms with Crippen molar-refractivity contribution in [2.24, 2.45) is 0 Å². The Morgan fingerprint density at radius 2 is 1.69 bits per heavy atom. The van der Waals surface area contributed by atoms with Gasteiger partial charge in [0, 0.05) is 18.4 Å². The van der Waals surface area contributed by atoms with E-state index in [1.54, 1.807) is 0 Å². The van der Waals surface area contributed by atoms with Crippen molar-refractivity contribution in [3.8, 4) is 0 Å². The summed E-state index contributed by atoms with van der Waals surface area (Å²) in [6.45, 7) is -0.427. The molecule has 1 fully saturated rings. The number of amides is 2. The summed E-state index contributed by atoms with van der Waals surface area (Å²) in [5, 5.41) is 1.14. The Hall–Kier alpha value is -3.93.